The van der Waals surface area contributed by atoms with Crippen molar-refractivity contribution in [2.45, 2.75) is 0 Å². The van der Waals surface area contributed by atoms with E-state index in [-0.39, 0.29) is 95.5 Å². The van der Waals surface area contributed by atoms with Gasteiger partial charge in [0.05, 0.1) is 0 Å². The summed E-state index contributed by atoms with van der Waals surface area (Å²) in [6, 6.07) is 0. The second-order valence-electron chi connectivity index (χ2n) is 0. The summed E-state index contributed by atoms with van der Waals surface area (Å²) < 4.78 is 0. The fourth-order valence-corrected chi connectivity index (χ4v) is 0. The summed E-state index contributed by atoms with van der Waals surface area (Å²) in [5.41, 5.74) is 0. The van der Waals surface area contributed by atoms with Crippen LogP contribution >= 0.6 is 0 Å². The molecule has 0 aliphatic carbocycles. The molecule has 0 nitrogen and oxygen atoms in total. The van der Waals surface area contributed by atoms with E-state index in [0.29, 0.717) is 0 Å². The first-order valence-corrected chi connectivity index (χ1v) is 0. The van der Waals surface area contributed by atoms with Gasteiger partial charge in [-0.3, -0.25) is 0 Å². The first-order valence-electron chi connectivity index (χ1n) is 0. The largest absolute Gasteiger partial charge is 0 e. The number of hydrogen-bond acceptors (Lipinski definition) is 0. The van der Waals surface area contributed by atoms with Crippen LogP contribution in [0.15, 0.2) is 0 Å². The molecule has 0 bridgehead atoms. The molecule has 0 fully saturated rings. The minimum absolute atomic E-state index is 0. The predicted molar refractivity (Wildman–Crippen MR) is 0 cm³/mol. The van der Waals surface area contributed by atoms with Crippen LogP contribution in [0.4, 0.5) is 0 Å². The van der Waals surface area contributed by atoms with E-state index in [2.05, 4.69) is 0 Å². The minimum Gasteiger partial charge on any atom is 0 e. The molecule has 0 aliphatic heterocycles. The summed E-state index contributed by atoms with van der Waals surface area (Å²) in [4.78, 5) is 0. The Kier molecular flexibility index (Phi) is 241. The Morgan fingerprint density at radius 3 is 0.400 bits per heavy atom. The molecular weight excluding hydrogens is 252 g/mol. The Labute approximate surface area is 94.0 Å². The third kappa shape index (κ3) is 19.4. The first-order chi connectivity index (χ1) is 0. The minimum atomic E-state index is 0. The van der Waals surface area contributed by atoms with Crippen molar-refractivity contribution in [2.75, 3.05) is 0 Å². The molecule has 0 aromatic heterocycles. The van der Waals surface area contributed by atoms with Crippen molar-refractivity contribution in [3.63, 3.8) is 0 Å². The van der Waals surface area contributed by atoms with Gasteiger partial charge in [-0.05, 0) is 0 Å². The molecule has 0 unspecified atom stereocenters. The zero-order valence-electron chi connectivity index (χ0n) is 2.22. The predicted octanol–water partition coefficient (Wildman–Crippen LogP) is -0.0125. The van der Waals surface area contributed by atoms with Crippen LogP contribution in [-0.2, 0) is 95.5 Å². The van der Waals surface area contributed by atoms with E-state index in [4.69, 9.17) is 0 Å². The van der Waals surface area contributed by atoms with Gasteiger partial charge in [0, 0.05) is 95.5 Å². The van der Waals surface area contributed by atoms with Gasteiger partial charge in [0.2, 0.25) is 0 Å². The van der Waals surface area contributed by atoms with Gasteiger partial charge in [-0.15, -0.1) is 0 Å². The van der Waals surface area contributed by atoms with Crippen molar-refractivity contribution in [1.82, 2.24) is 0 Å². The van der Waals surface area contributed by atoms with E-state index >= 15 is 0 Å². The van der Waals surface area contributed by atoms with E-state index in [1.54, 1.807) is 0 Å². The van der Waals surface area contributed by atoms with Crippen molar-refractivity contribution in [3.8, 4) is 0 Å². The molecule has 0 aromatic carbocycles. The first kappa shape index (κ1) is 43.3. The molecule has 5 heavy (non-hydrogen) atoms. The third-order valence-corrected chi connectivity index (χ3v) is 0. The Balaban J connectivity index is 0. The summed E-state index contributed by atoms with van der Waals surface area (Å²) in [5.74, 6) is 0. The molecule has 0 aliphatic rings. The Morgan fingerprint density at radius 1 is 0.400 bits per heavy atom. The van der Waals surface area contributed by atoms with Crippen molar-refractivity contribution in [1.29, 1.82) is 0 Å². The van der Waals surface area contributed by atoms with Gasteiger partial charge >= 0.3 is 0 Å². The van der Waals surface area contributed by atoms with E-state index in [1.165, 1.54) is 0 Å². The van der Waals surface area contributed by atoms with Crippen LogP contribution in [0.5, 0.6) is 0 Å². The molecule has 0 saturated carbocycles. The molecule has 0 saturated heterocycles. The summed E-state index contributed by atoms with van der Waals surface area (Å²) >= 11 is 0. The smallest absolute Gasteiger partial charge is 0 e. The average molecular weight is 252 g/mol. The molecular formula is Cr3Ti2. The van der Waals surface area contributed by atoms with Gasteiger partial charge in [0.25, 0.3) is 0 Å². The van der Waals surface area contributed by atoms with Crippen molar-refractivity contribution in [2.24, 2.45) is 0 Å². The van der Waals surface area contributed by atoms with Gasteiger partial charge in [0.1, 0.15) is 0 Å². The molecule has 0 radical (unpaired) electrons. The molecule has 0 heterocycles. The quantitative estimate of drug-likeness (QED) is 0.532. The van der Waals surface area contributed by atoms with E-state index in [1.807, 2.05) is 0 Å². The Morgan fingerprint density at radius 2 is 0.400 bits per heavy atom. The van der Waals surface area contributed by atoms with Gasteiger partial charge in [-0.2, -0.15) is 0 Å². The number of hydrogen-bond donors (Lipinski definition) is 0. The molecule has 0 N–H and O–H groups in total. The van der Waals surface area contributed by atoms with Crippen LogP contribution in [0, 0.1) is 0 Å². The normalized spacial score (nSPS) is 0. The second kappa shape index (κ2) is 27.9. The third-order valence-electron chi connectivity index (χ3n) is 0. The molecule has 0 spiro atoms. The zero-order valence-corrected chi connectivity index (χ0v) is 9.17. The fraction of sp³-hybridized carbons (Fsp3) is 0. The molecule has 0 amide bonds. The molecule has 0 aromatic rings. The topological polar surface area (TPSA) is 0 Å². The standard InChI is InChI=1S/3Cr.2Ti. The summed E-state index contributed by atoms with van der Waals surface area (Å²) in [5, 5.41) is 0. The van der Waals surface area contributed by atoms with Gasteiger partial charge in [-0.1, -0.05) is 0 Å². The molecule has 5 heteroatoms. The van der Waals surface area contributed by atoms with Crippen LogP contribution in [0.2, 0.25) is 0 Å². The van der Waals surface area contributed by atoms with E-state index < -0.39 is 0 Å². The molecule has 0 atom stereocenters. The van der Waals surface area contributed by atoms with Crippen LogP contribution in [0.3, 0.4) is 0 Å². The Hall–Kier alpha value is 3.03. The average Bonchev–Trinajstić information content (AvgIpc) is 0. The monoisotopic (exact) mass is 252 g/mol. The van der Waals surface area contributed by atoms with E-state index in [9.17, 15) is 0 Å². The van der Waals surface area contributed by atoms with Gasteiger partial charge < -0.3 is 0 Å². The summed E-state index contributed by atoms with van der Waals surface area (Å²) in [6.45, 7) is 0. The second-order valence-corrected chi connectivity index (χ2v) is 0. The zero-order chi connectivity index (χ0) is 0. The maximum absolute atomic E-state index is 0. The van der Waals surface area contributed by atoms with E-state index in [0.717, 1.165) is 0 Å². The van der Waals surface area contributed by atoms with Crippen LogP contribution in [0.1, 0.15) is 0 Å². The Bertz CT molecular complexity index is 4.85. The molecule has 0 rings (SSSR count). The van der Waals surface area contributed by atoms with Crippen LogP contribution in [0.25, 0.3) is 0 Å². The van der Waals surface area contributed by atoms with Crippen molar-refractivity contribution >= 4 is 0 Å². The van der Waals surface area contributed by atoms with Gasteiger partial charge in [-0.25, -0.2) is 0 Å². The van der Waals surface area contributed by atoms with Gasteiger partial charge in [0.15, 0.2) is 0 Å². The van der Waals surface area contributed by atoms with Crippen LogP contribution < -0.4 is 0 Å². The molecule has 26 valence electrons. The van der Waals surface area contributed by atoms with Crippen molar-refractivity contribution < 1.29 is 95.5 Å². The summed E-state index contributed by atoms with van der Waals surface area (Å²) in [7, 11) is 0. The maximum atomic E-state index is 0. The SMILES string of the molecule is [Cr].[Cr].[Cr].[Ti].[Ti]. The number of rotatable bonds is 0. The fourth-order valence-electron chi connectivity index (χ4n) is 0. The van der Waals surface area contributed by atoms with Crippen molar-refractivity contribution in [3.05, 3.63) is 0 Å². The maximum Gasteiger partial charge on any atom is 0 e. The van der Waals surface area contributed by atoms with Crippen LogP contribution in [-0.4, -0.2) is 0 Å². The summed E-state index contributed by atoms with van der Waals surface area (Å²) in [6.07, 6.45) is 0.